The molecule has 0 aliphatic carbocycles. The third kappa shape index (κ3) is 2.34. The molecule has 0 bridgehead atoms. The summed E-state index contributed by atoms with van der Waals surface area (Å²) >= 11 is 1.03. The third-order valence-corrected chi connectivity index (χ3v) is 6.51. The van der Waals surface area contributed by atoms with Crippen LogP contribution in [-0.2, 0) is 27.8 Å². The van der Waals surface area contributed by atoms with Crippen molar-refractivity contribution in [1.82, 2.24) is 19.3 Å². The van der Waals surface area contributed by atoms with Crippen LogP contribution in [0.3, 0.4) is 0 Å². The number of carbonyl (C=O) groups is 1. The van der Waals surface area contributed by atoms with E-state index in [0.29, 0.717) is 16.4 Å². The normalized spacial score (nSPS) is 19.4. The summed E-state index contributed by atoms with van der Waals surface area (Å²) in [5.41, 5.74) is 1.21. The van der Waals surface area contributed by atoms with Crippen molar-refractivity contribution in [3.05, 3.63) is 28.9 Å². The first kappa shape index (κ1) is 14.2. The number of aliphatic carboxylic acids is 1. The van der Waals surface area contributed by atoms with Crippen LogP contribution in [0.25, 0.3) is 0 Å². The van der Waals surface area contributed by atoms with Gasteiger partial charge in [-0.15, -0.1) is 11.3 Å². The van der Waals surface area contributed by atoms with Crippen molar-refractivity contribution in [2.75, 3.05) is 0 Å². The van der Waals surface area contributed by atoms with Gasteiger partial charge < -0.3 is 10.1 Å². The highest BCUT2D eigenvalue weighted by Crippen LogP contribution is 2.29. The van der Waals surface area contributed by atoms with Crippen LogP contribution < -0.4 is 0 Å². The summed E-state index contributed by atoms with van der Waals surface area (Å²) in [6.45, 7) is 1.66. The number of aryl methyl sites for hydroxylation is 1. The molecular weight excluding hydrogens is 316 g/mol. The van der Waals surface area contributed by atoms with E-state index in [2.05, 4.69) is 15.0 Å². The van der Waals surface area contributed by atoms with E-state index in [1.54, 1.807) is 6.92 Å². The van der Waals surface area contributed by atoms with Gasteiger partial charge in [0.1, 0.15) is 6.04 Å². The number of aromatic nitrogens is 3. The maximum Gasteiger partial charge on any atom is 0.322 e. The number of H-pyrrole nitrogens is 1. The minimum absolute atomic E-state index is 0.0361. The zero-order chi connectivity index (χ0) is 15.2. The summed E-state index contributed by atoms with van der Waals surface area (Å²) < 4.78 is 26.3. The van der Waals surface area contributed by atoms with Gasteiger partial charge in [0.25, 0.3) is 10.0 Å². The van der Waals surface area contributed by atoms with Gasteiger partial charge in [-0.05, 0) is 6.92 Å². The molecule has 0 spiro atoms. The molecule has 112 valence electrons. The second-order valence-corrected chi connectivity index (χ2v) is 7.99. The number of hydrogen-bond donors (Lipinski definition) is 2. The summed E-state index contributed by atoms with van der Waals surface area (Å²) in [4.78, 5) is 22.2. The first-order valence-corrected chi connectivity index (χ1v) is 8.33. The molecule has 0 radical (unpaired) electrons. The van der Waals surface area contributed by atoms with Crippen molar-refractivity contribution < 1.29 is 18.3 Å². The molecule has 0 saturated heterocycles. The number of hydrogen-bond acceptors (Lipinski definition) is 6. The van der Waals surface area contributed by atoms with Gasteiger partial charge in [0, 0.05) is 6.42 Å². The molecule has 2 N–H and O–H groups in total. The SMILES string of the molecule is Cc1ncc(S(=O)(=O)N2Cc3[nH]cnc3CC2C(=O)O)s1. The topological polar surface area (TPSA) is 116 Å². The van der Waals surface area contributed by atoms with Gasteiger partial charge in [0.2, 0.25) is 0 Å². The Labute approximate surface area is 124 Å². The highest BCUT2D eigenvalue weighted by Gasteiger charge is 2.41. The van der Waals surface area contributed by atoms with E-state index in [0.717, 1.165) is 15.6 Å². The fourth-order valence-corrected chi connectivity index (χ4v) is 5.04. The van der Waals surface area contributed by atoms with Crippen molar-refractivity contribution in [1.29, 1.82) is 0 Å². The van der Waals surface area contributed by atoms with Crippen LogP contribution in [0.15, 0.2) is 16.7 Å². The zero-order valence-corrected chi connectivity index (χ0v) is 12.6. The molecular formula is C11H12N4O4S2. The first-order valence-electron chi connectivity index (χ1n) is 6.08. The van der Waals surface area contributed by atoms with Crippen LogP contribution in [0, 0.1) is 6.92 Å². The largest absolute Gasteiger partial charge is 0.480 e. The first-order chi connectivity index (χ1) is 9.89. The Kier molecular flexibility index (Phi) is 3.30. The molecule has 2 aromatic rings. The number of fused-ring (bicyclic) bond motifs is 1. The molecule has 0 saturated carbocycles. The lowest BCUT2D eigenvalue weighted by atomic mass is 10.1. The van der Waals surface area contributed by atoms with Gasteiger partial charge in [-0.2, -0.15) is 4.31 Å². The summed E-state index contributed by atoms with van der Waals surface area (Å²) in [6.07, 6.45) is 2.75. The number of imidazole rings is 1. The number of carboxylic acid groups (broad SMARTS) is 1. The average Bonchev–Trinajstić information content (AvgIpc) is 3.05. The van der Waals surface area contributed by atoms with E-state index in [-0.39, 0.29) is 17.2 Å². The van der Waals surface area contributed by atoms with Gasteiger partial charge in [-0.1, -0.05) is 0 Å². The molecule has 8 nitrogen and oxygen atoms in total. The Bertz CT molecular complexity index is 795. The molecule has 1 atom stereocenters. The Morgan fingerprint density at radius 2 is 2.29 bits per heavy atom. The van der Waals surface area contributed by atoms with Crippen molar-refractivity contribution in [2.45, 2.75) is 30.1 Å². The monoisotopic (exact) mass is 328 g/mol. The van der Waals surface area contributed by atoms with E-state index in [9.17, 15) is 18.3 Å². The molecule has 1 unspecified atom stereocenters. The van der Waals surface area contributed by atoms with Gasteiger partial charge in [-0.3, -0.25) is 4.79 Å². The van der Waals surface area contributed by atoms with Crippen molar-refractivity contribution in [3.63, 3.8) is 0 Å². The molecule has 1 aliphatic rings. The smallest absolute Gasteiger partial charge is 0.322 e. The molecule has 10 heteroatoms. The zero-order valence-electron chi connectivity index (χ0n) is 11.0. The Balaban J connectivity index is 2.05. The van der Waals surface area contributed by atoms with Gasteiger partial charge in [0.05, 0.1) is 35.5 Å². The second kappa shape index (κ2) is 4.90. The highest BCUT2D eigenvalue weighted by atomic mass is 32.2. The van der Waals surface area contributed by atoms with Crippen LogP contribution in [-0.4, -0.2) is 44.8 Å². The number of carboxylic acids is 1. The van der Waals surface area contributed by atoms with E-state index < -0.39 is 22.0 Å². The number of sulfonamides is 1. The van der Waals surface area contributed by atoms with Crippen LogP contribution in [0.5, 0.6) is 0 Å². The lowest BCUT2D eigenvalue weighted by molar-refractivity contribution is -0.141. The van der Waals surface area contributed by atoms with Crippen molar-refractivity contribution in [2.24, 2.45) is 0 Å². The maximum atomic E-state index is 12.6. The van der Waals surface area contributed by atoms with Crippen LogP contribution >= 0.6 is 11.3 Å². The quantitative estimate of drug-likeness (QED) is 0.841. The Morgan fingerprint density at radius 1 is 1.52 bits per heavy atom. The number of nitrogens with one attached hydrogen (secondary N) is 1. The van der Waals surface area contributed by atoms with E-state index in [4.69, 9.17) is 0 Å². The summed E-state index contributed by atoms with van der Waals surface area (Å²) in [6, 6.07) is -1.16. The maximum absolute atomic E-state index is 12.6. The standard InChI is InChI=1S/C11H12N4O4S2/c1-6-12-3-10(20-6)21(18,19)15-4-8-7(13-5-14-8)2-9(15)11(16)17/h3,5,9H,2,4H2,1H3,(H,13,14)(H,16,17). The Hall–Kier alpha value is -1.78. The van der Waals surface area contributed by atoms with Gasteiger partial charge in [0.15, 0.2) is 4.21 Å². The lowest BCUT2D eigenvalue weighted by Gasteiger charge is -2.30. The minimum Gasteiger partial charge on any atom is -0.480 e. The van der Waals surface area contributed by atoms with Gasteiger partial charge >= 0.3 is 5.97 Å². The molecule has 1 aliphatic heterocycles. The predicted molar refractivity (Wildman–Crippen MR) is 73.3 cm³/mol. The summed E-state index contributed by atoms with van der Waals surface area (Å²) in [7, 11) is -3.90. The summed E-state index contributed by atoms with van der Waals surface area (Å²) in [5.74, 6) is -1.19. The van der Waals surface area contributed by atoms with Crippen molar-refractivity contribution in [3.8, 4) is 0 Å². The molecule has 2 aromatic heterocycles. The molecule has 3 heterocycles. The van der Waals surface area contributed by atoms with Crippen LogP contribution in [0.2, 0.25) is 0 Å². The molecule has 0 amide bonds. The number of thiazole rings is 1. The van der Waals surface area contributed by atoms with Crippen LogP contribution in [0.1, 0.15) is 16.4 Å². The number of aromatic amines is 1. The molecule has 3 rings (SSSR count). The van der Waals surface area contributed by atoms with E-state index >= 15 is 0 Å². The fraction of sp³-hybridized carbons (Fsp3) is 0.364. The molecule has 0 fully saturated rings. The third-order valence-electron chi connectivity index (χ3n) is 3.30. The number of rotatable bonds is 3. The Morgan fingerprint density at radius 3 is 2.90 bits per heavy atom. The molecule has 21 heavy (non-hydrogen) atoms. The van der Waals surface area contributed by atoms with E-state index in [1.165, 1.54) is 12.5 Å². The molecule has 0 aromatic carbocycles. The van der Waals surface area contributed by atoms with E-state index in [1.807, 2.05) is 0 Å². The van der Waals surface area contributed by atoms with Gasteiger partial charge in [-0.25, -0.2) is 18.4 Å². The minimum atomic E-state index is -3.90. The average molecular weight is 328 g/mol. The second-order valence-electron chi connectivity index (χ2n) is 4.63. The van der Waals surface area contributed by atoms with Crippen LogP contribution in [0.4, 0.5) is 0 Å². The number of nitrogens with zero attached hydrogens (tertiary/aromatic N) is 3. The fourth-order valence-electron chi connectivity index (χ4n) is 2.25. The highest BCUT2D eigenvalue weighted by molar-refractivity contribution is 7.91. The predicted octanol–water partition coefficient (Wildman–Crippen LogP) is 0.375. The summed E-state index contributed by atoms with van der Waals surface area (Å²) in [5, 5.41) is 9.94. The lowest BCUT2D eigenvalue weighted by Crippen LogP contribution is -2.48. The van der Waals surface area contributed by atoms with Crippen molar-refractivity contribution >= 4 is 27.3 Å².